The van der Waals surface area contributed by atoms with Crippen LogP contribution in [0.4, 0.5) is 17.1 Å². The van der Waals surface area contributed by atoms with Crippen LogP contribution >= 0.6 is 0 Å². The van der Waals surface area contributed by atoms with Gasteiger partial charge in [-0.15, -0.1) is 0 Å². The van der Waals surface area contributed by atoms with Gasteiger partial charge in [0.25, 0.3) is 0 Å². The molecular formula is C55H67N3O10. The van der Waals surface area contributed by atoms with Gasteiger partial charge in [0.15, 0.2) is 11.6 Å². The van der Waals surface area contributed by atoms with Gasteiger partial charge < -0.3 is 40.0 Å². The molecule has 0 bridgehead atoms. The first-order valence-electron chi connectivity index (χ1n) is 24.8. The van der Waals surface area contributed by atoms with Gasteiger partial charge in [-0.3, -0.25) is 24.0 Å². The van der Waals surface area contributed by atoms with E-state index in [0.717, 1.165) is 80.4 Å². The van der Waals surface area contributed by atoms with E-state index in [0.29, 0.717) is 64.1 Å². The smallest absolute Gasteiger partial charge is 0.339 e. The first kappa shape index (κ1) is 49.8. The van der Waals surface area contributed by atoms with Crippen LogP contribution in [-0.2, 0) is 42.9 Å². The molecule has 0 aromatic heterocycles. The number of Topliss-reactive ketones (excluding diaryl/α,β-unsaturated/α-hetero) is 3. The van der Waals surface area contributed by atoms with E-state index in [2.05, 4.69) is 43.6 Å². The number of ketones is 3. The Hall–Kier alpha value is -6.05. The van der Waals surface area contributed by atoms with Gasteiger partial charge in [0.05, 0.1) is 16.8 Å². The fourth-order valence-electron chi connectivity index (χ4n) is 9.19. The lowest BCUT2D eigenvalue weighted by Gasteiger charge is -2.40. The molecule has 0 unspecified atom stereocenters. The van der Waals surface area contributed by atoms with Crippen LogP contribution in [0.1, 0.15) is 136 Å². The zero-order valence-electron chi connectivity index (χ0n) is 40.1. The van der Waals surface area contributed by atoms with Crippen LogP contribution in [0.5, 0.6) is 0 Å². The zero-order valence-corrected chi connectivity index (χ0v) is 40.1. The lowest BCUT2D eigenvalue weighted by molar-refractivity contribution is -0.200. The fourth-order valence-corrected chi connectivity index (χ4v) is 9.19. The standard InChI is InChI=1S/C55H67N3O10/c1-5-9-13-21-38(59)32-67-55(68-33-39(60)22-14-10-6-2)57-44-24-18-20-37-28-30-41(51(58-55)48(37)44)50-52(63)49(53(50)64)40-29-27-36-19-17-23-43-47(36)42(40)31-54(56-43,34-65-45(61)25-15-11-7-3)35-66-46(62)26-16-12-8-4/h17-20,23-24,27-31,56-58,63H,5-16,21-22,25-26,32-35H2,1-4H3/b49-40+. The molecule has 13 heteroatoms. The highest BCUT2D eigenvalue weighted by molar-refractivity contribution is 6.52. The highest BCUT2D eigenvalue weighted by Crippen LogP contribution is 2.47. The van der Waals surface area contributed by atoms with Gasteiger partial charge in [0.2, 0.25) is 5.78 Å². The Morgan fingerprint density at radius 2 is 1.09 bits per heavy atom. The molecule has 362 valence electrons. The number of carbonyl (C=O) groups excluding carboxylic acids is 5. The summed E-state index contributed by atoms with van der Waals surface area (Å²) in [7, 11) is 0. The molecule has 0 saturated heterocycles. The second-order valence-corrected chi connectivity index (χ2v) is 18.3. The minimum Gasteiger partial charge on any atom is -0.506 e. The summed E-state index contributed by atoms with van der Waals surface area (Å²) in [6.07, 6.45) is 13.3. The van der Waals surface area contributed by atoms with E-state index in [1.165, 1.54) is 0 Å². The maximum atomic E-state index is 14.9. The first-order valence-corrected chi connectivity index (χ1v) is 24.8. The van der Waals surface area contributed by atoms with Crippen LogP contribution in [0.25, 0.3) is 38.8 Å². The lowest BCUT2D eigenvalue weighted by Crippen LogP contribution is -2.54. The summed E-state index contributed by atoms with van der Waals surface area (Å²) in [6.45, 7) is 7.35. The summed E-state index contributed by atoms with van der Waals surface area (Å²) in [5.41, 5.74) is 1.00. The number of hydrogen-bond acceptors (Lipinski definition) is 13. The number of rotatable bonds is 27. The molecule has 0 fully saturated rings. The predicted molar refractivity (Wildman–Crippen MR) is 266 cm³/mol. The summed E-state index contributed by atoms with van der Waals surface area (Å²) in [6, 6.07) is 16.8. The van der Waals surface area contributed by atoms with Crippen molar-refractivity contribution in [3.05, 3.63) is 82.4 Å². The van der Waals surface area contributed by atoms with Crippen molar-refractivity contribution in [2.75, 3.05) is 42.4 Å². The van der Waals surface area contributed by atoms with Crippen LogP contribution in [0.2, 0.25) is 0 Å². The predicted octanol–water partition coefficient (Wildman–Crippen LogP) is 9.67. The first-order chi connectivity index (χ1) is 33.0. The molecule has 4 N–H and O–H groups in total. The van der Waals surface area contributed by atoms with Gasteiger partial charge in [0.1, 0.15) is 37.7 Å². The van der Waals surface area contributed by atoms with E-state index in [1.54, 1.807) is 12.1 Å². The van der Waals surface area contributed by atoms with Gasteiger partial charge in [-0.1, -0.05) is 128 Å². The number of aliphatic hydroxyl groups is 1. The van der Waals surface area contributed by atoms with Crippen molar-refractivity contribution in [1.82, 2.24) is 0 Å². The summed E-state index contributed by atoms with van der Waals surface area (Å²) >= 11 is 0. The van der Waals surface area contributed by atoms with Crippen molar-refractivity contribution >= 4 is 85.1 Å². The molecule has 68 heavy (non-hydrogen) atoms. The van der Waals surface area contributed by atoms with E-state index in [1.807, 2.05) is 54.6 Å². The van der Waals surface area contributed by atoms with Crippen LogP contribution in [0, 0.1) is 0 Å². The number of hydrogen-bond donors (Lipinski definition) is 4. The third-order valence-electron chi connectivity index (χ3n) is 12.9. The molecule has 0 radical (unpaired) electrons. The molecule has 0 saturated carbocycles. The number of aliphatic hydroxyl groups excluding tert-OH is 1. The molecule has 13 nitrogen and oxygen atoms in total. The second kappa shape index (κ2) is 22.8. The zero-order chi connectivity index (χ0) is 48.3. The second-order valence-electron chi connectivity index (χ2n) is 18.3. The van der Waals surface area contributed by atoms with Crippen LogP contribution in [-0.4, -0.2) is 72.4 Å². The van der Waals surface area contributed by atoms with Gasteiger partial charge in [-0.25, -0.2) is 0 Å². The molecule has 2 heterocycles. The summed E-state index contributed by atoms with van der Waals surface area (Å²) < 4.78 is 24.4. The van der Waals surface area contributed by atoms with Crippen molar-refractivity contribution in [3.8, 4) is 0 Å². The number of allylic oxidation sites excluding steroid dienone is 2. The lowest BCUT2D eigenvalue weighted by atomic mass is 9.79. The SMILES string of the molecule is CCCCCC(=O)COC1(OCC(=O)CCCCC)Nc2cccc3ccc(C4=C(O)/C(=c5/ccc6cccc7c6c5=CC(COC(=O)CCCCC)(COC(=O)CCCCC)N7)C4=O)c(c23)N1. The maximum absolute atomic E-state index is 14.9. The molecule has 7 rings (SSSR count). The van der Waals surface area contributed by atoms with Crippen molar-refractivity contribution in [2.24, 2.45) is 0 Å². The van der Waals surface area contributed by atoms with E-state index in [-0.39, 0.29) is 79.7 Å². The van der Waals surface area contributed by atoms with Gasteiger partial charge >= 0.3 is 18.0 Å². The molecule has 0 atom stereocenters. The molecule has 1 aliphatic carbocycles. The van der Waals surface area contributed by atoms with Crippen LogP contribution < -0.4 is 26.4 Å². The minimum absolute atomic E-state index is 0.0593. The highest BCUT2D eigenvalue weighted by atomic mass is 16.7. The molecular weight excluding hydrogens is 863 g/mol. The largest absolute Gasteiger partial charge is 0.506 e. The van der Waals surface area contributed by atoms with E-state index in [9.17, 15) is 29.1 Å². The van der Waals surface area contributed by atoms with Crippen molar-refractivity contribution in [1.29, 1.82) is 0 Å². The molecule has 3 aliphatic rings. The van der Waals surface area contributed by atoms with Crippen LogP contribution in [0.3, 0.4) is 0 Å². The number of unbranched alkanes of at least 4 members (excludes halogenated alkanes) is 8. The molecule has 0 amide bonds. The van der Waals surface area contributed by atoms with Gasteiger partial charge in [0, 0.05) is 53.4 Å². The Balaban J connectivity index is 1.31. The maximum Gasteiger partial charge on any atom is 0.339 e. The van der Waals surface area contributed by atoms with Crippen molar-refractivity contribution in [2.45, 2.75) is 142 Å². The van der Waals surface area contributed by atoms with Crippen molar-refractivity contribution < 1.29 is 48.0 Å². The third kappa shape index (κ3) is 11.3. The monoisotopic (exact) mass is 929 g/mol. The number of anilines is 3. The van der Waals surface area contributed by atoms with E-state index < -0.39 is 17.4 Å². The fraction of sp³-hybridized carbons (Fsp3) is 0.473. The Morgan fingerprint density at radius 1 is 0.574 bits per heavy atom. The number of benzene rings is 4. The highest BCUT2D eigenvalue weighted by Gasteiger charge is 2.44. The van der Waals surface area contributed by atoms with Crippen LogP contribution in [0.15, 0.2) is 66.4 Å². The normalized spacial score (nSPS) is 16.0. The van der Waals surface area contributed by atoms with E-state index >= 15 is 0 Å². The van der Waals surface area contributed by atoms with Crippen molar-refractivity contribution in [3.63, 3.8) is 0 Å². The summed E-state index contributed by atoms with van der Waals surface area (Å²) in [5, 5.41) is 26.6. The van der Waals surface area contributed by atoms with Gasteiger partial charge in [-0.05, 0) is 65.1 Å². The molecule has 2 aliphatic heterocycles. The Labute approximate surface area is 398 Å². The molecule has 4 aromatic carbocycles. The minimum atomic E-state index is -1.88. The average molecular weight is 930 g/mol. The number of esters is 2. The Kier molecular flexibility index (Phi) is 16.7. The number of ether oxygens (including phenoxy) is 4. The third-order valence-corrected chi connectivity index (χ3v) is 12.9. The molecule has 0 spiro atoms. The summed E-state index contributed by atoms with van der Waals surface area (Å²) in [5.74, 6) is -1.63. The van der Waals surface area contributed by atoms with Gasteiger partial charge in [-0.2, -0.15) is 0 Å². The summed E-state index contributed by atoms with van der Waals surface area (Å²) in [4.78, 5) is 67.2. The molecule has 4 aromatic rings. The Bertz CT molecular complexity index is 2650. The quantitative estimate of drug-likeness (QED) is 0.0253. The number of nitrogens with one attached hydrogen (secondary N) is 3. The van der Waals surface area contributed by atoms with E-state index in [4.69, 9.17) is 18.9 Å². The average Bonchev–Trinajstić information content (AvgIpc) is 3.33. The Morgan fingerprint density at radius 3 is 1.63 bits per heavy atom. The topological polar surface area (TPSA) is 179 Å². The number of carbonyl (C=O) groups is 5.